The summed E-state index contributed by atoms with van der Waals surface area (Å²) in [6.45, 7) is 2.02. The van der Waals surface area contributed by atoms with Gasteiger partial charge in [0.05, 0.1) is 5.56 Å². The summed E-state index contributed by atoms with van der Waals surface area (Å²) >= 11 is 3.30. The number of carbonyl (C=O) groups is 1. The average Bonchev–Trinajstić information content (AvgIpc) is 2.22. The molecule has 0 atom stereocenters. The fraction of sp³-hybridized carbons (Fsp3) is 0.273. The van der Waals surface area contributed by atoms with E-state index in [9.17, 15) is 4.79 Å². The lowest BCUT2D eigenvalue weighted by Crippen LogP contribution is -2.20. The van der Waals surface area contributed by atoms with Gasteiger partial charge in [0, 0.05) is 30.6 Å². The Morgan fingerprint density at radius 1 is 1.69 bits per heavy atom. The highest BCUT2D eigenvalue weighted by atomic mass is 79.9. The maximum Gasteiger partial charge on any atom is 0.216 e. The minimum Gasteiger partial charge on any atom is -0.383 e. The smallest absolute Gasteiger partial charge is 0.216 e. The van der Waals surface area contributed by atoms with Crippen LogP contribution in [-0.4, -0.2) is 17.4 Å². The van der Waals surface area contributed by atoms with Crippen molar-refractivity contribution in [1.82, 2.24) is 10.3 Å². The number of aromatic nitrogens is 1. The Bertz CT molecular complexity index is 448. The Hall–Kier alpha value is -1.54. The van der Waals surface area contributed by atoms with Crippen LogP contribution in [0.1, 0.15) is 18.9 Å². The molecule has 16 heavy (non-hydrogen) atoms. The molecule has 5 heteroatoms. The predicted molar refractivity (Wildman–Crippen MR) is 66.5 cm³/mol. The van der Waals surface area contributed by atoms with Crippen molar-refractivity contribution in [2.24, 2.45) is 0 Å². The Morgan fingerprint density at radius 3 is 3.12 bits per heavy atom. The molecule has 0 radical (unpaired) electrons. The molecule has 0 bridgehead atoms. The van der Waals surface area contributed by atoms with Crippen molar-refractivity contribution in [2.45, 2.75) is 13.3 Å². The molecule has 84 valence electrons. The molecule has 0 saturated carbocycles. The largest absolute Gasteiger partial charge is 0.383 e. The summed E-state index contributed by atoms with van der Waals surface area (Å²) in [5.41, 5.74) is 6.34. The Balaban J connectivity index is 2.56. The maximum atomic E-state index is 10.6. The molecule has 0 aliphatic carbocycles. The maximum absolute atomic E-state index is 10.6. The van der Waals surface area contributed by atoms with Crippen LogP contribution in [0, 0.1) is 11.8 Å². The van der Waals surface area contributed by atoms with Crippen LogP contribution < -0.4 is 11.1 Å². The summed E-state index contributed by atoms with van der Waals surface area (Å²) in [5, 5.41) is 2.66. The quantitative estimate of drug-likeness (QED) is 0.634. The Labute approximate surface area is 103 Å². The lowest BCUT2D eigenvalue weighted by Gasteiger charge is -1.97. The molecular formula is C11H12BrN3O. The minimum atomic E-state index is -0.0505. The zero-order valence-corrected chi connectivity index (χ0v) is 10.5. The Morgan fingerprint density at radius 2 is 2.44 bits per heavy atom. The van der Waals surface area contributed by atoms with Gasteiger partial charge in [0.2, 0.25) is 5.91 Å². The number of nitrogen functional groups attached to an aromatic ring is 1. The van der Waals surface area contributed by atoms with Crippen molar-refractivity contribution in [1.29, 1.82) is 0 Å². The summed E-state index contributed by atoms with van der Waals surface area (Å²) in [4.78, 5) is 14.5. The molecule has 0 spiro atoms. The zero-order valence-electron chi connectivity index (χ0n) is 8.88. The number of nitrogens with zero attached hydrogens (tertiary/aromatic N) is 1. The molecule has 3 N–H and O–H groups in total. The standard InChI is InChI=1S/C11H12BrN3O/c1-8(16)14-5-3-2-4-9-6-10(12)7-15-11(9)13/h6-7H,3,5H2,1H3,(H2,13,15)(H,14,16). The van der Waals surface area contributed by atoms with Crippen molar-refractivity contribution < 1.29 is 4.79 Å². The van der Waals surface area contributed by atoms with E-state index >= 15 is 0 Å². The number of anilines is 1. The van der Waals surface area contributed by atoms with Gasteiger partial charge in [-0.1, -0.05) is 11.8 Å². The number of amides is 1. The van der Waals surface area contributed by atoms with E-state index in [0.717, 1.165) is 4.47 Å². The number of hydrogen-bond donors (Lipinski definition) is 2. The van der Waals surface area contributed by atoms with Crippen molar-refractivity contribution >= 4 is 27.7 Å². The second-order valence-corrected chi connectivity index (χ2v) is 4.04. The number of rotatable bonds is 2. The molecule has 1 aromatic heterocycles. The summed E-state index contributed by atoms with van der Waals surface area (Å²) < 4.78 is 0.841. The first-order valence-corrected chi connectivity index (χ1v) is 5.53. The van der Waals surface area contributed by atoms with Gasteiger partial charge in [-0.05, 0) is 22.0 Å². The summed E-state index contributed by atoms with van der Waals surface area (Å²) in [6.07, 6.45) is 2.21. The number of halogens is 1. The van der Waals surface area contributed by atoms with E-state index in [0.29, 0.717) is 24.3 Å². The monoisotopic (exact) mass is 281 g/mol. The summed E-state index contributed by atoms with van der Waals surface area (Å²) in [6, 6.07) is 1.81. The number of nitrogens with one attached hydrogen (secondary N) is 1. The number of nitrogens with two attached hydrogens (primary N) is 1. The van der Waals surface area contributed by atoms with Gasteiger partial charge in [-0.25, -0.2) is 4.98 Å². The highest BCUT2D eigenvalue weighted by Gasteiger charge is 1.97. The van der Waals surface area contributed by atoms with Crippen LogP contribution in [0.4, 0.5) is 5.82 Å². The molecule has 1 amide bonds. The van der Waals surface area contributed by atoms with Gasteiger partial charge in [-0.15, -0.1) is 0 Å². The second-order valence-electron chi connectivity index (χ2n) is 3.12. The van der Waals surface area contributed by atoms with Crippen molar-refractivity contribution in [3.05, 3.63) is 22.3 Å². The molecule has 0 aliphatic rings. The third kappa shape index (κ3) is 4.32. The Kier molecular flexibility index (Phi) is 4.80. The van der Waals surface area contributed by atoms with Gasteiger partial charge < -0.3 is 11.1 Å². The van der Waals surface area contributed by atoms with Crippen LogP contribution >= 0.6 is 15.9 Å². The van der Waals surface area contributed by atoms with Gasteiger partial charge in [0.15, 0.2) is 0 Å². The van der Waals surface area contributed by atoms with E-state index in [2.05, 4.69) is 38.1 Å². The number of pyridine rings is 1. The molecular weight excluding hydrogens is 270 g/mol. The van der Waals surface area contributed by atoms with Crippen LogP contribution in [-0.2, 0) is 4.79 Å². The molecule has 0 fully saturated rings. The highest BCUT2D eigenvalue weighted by molar-refractivity contribution is 9.10. The molecule has 0 saturated heterocycles. The zero-order chi connectivity index (χ0) is 12.0. The van der Waals surface area contributed by atoms with E-state index in [1.807, 2.05) is 6.07 Å². The lowest BCUT2D eigenvalue weighted by atomic mass is 10.2. The van der Waals surface area contributed by atoms with Crippen molar-refractivity contribution in [3.63, 3.8) is 0 Å². The average molecular weight is 282 g/mol. The van der Waals surface area contributed by atoms with E-state index in [1.54, 1.807) is 6.20 Å². The molecule has 1 heterocycles. The van der Waals surface area contributed by atoms with Crippen LogP contribution in [0.15, 0.2) is 16.7 Å². The van der Waals surface area contributed by atoms with Crippen LogP contribution in [0.3, 0.4) is 0 Å². The van der Waals surface area contributed by atoms with Crippen molar-refractivity contribution in [2.75, 3.05) is 12.3 Å². The first kappa shape index (κ1) is 12.5. The third-order valence-corrected chi connectivity index (χ3v) is 2.17. The first-order chi connectivity index (χ1) is 7.59. The van der Waals surface area contributed by atoms with Crippen LogP contribution in [0.2, 0.25) is 0 Å². The van der Waals surface area contributed by atoms with E-state index < -0.39 is 0 Å². The molecule has 1 aromatic rings. The second kappa shape index (κ2) is 6.13. The molecule has 4 nitrogen and oxygen atoms in total. The topological polar surface area (TPSA) is 68.0 Å². The van der Waals surface area contributed by atoms with Gasteiger partial charge in [-0.2, -0.15) is 0 Å². The first-order valence-electron chi connectivity index (χ1n) is 4.74. The van der Waals surface area contributed by atoms with E-state index in [1.165, 1.54) is 6.92 Å². The van der Waals surface area contributed by atoms with Crippen LogP contribution in [0.5, 0.6) is 0 Å². The highest BCUT2D eigenvalue weighted by Crippen LogP contribution is 2.13. The van der Waals surface area contributed by atoms with Gasteiger partial charge in [-0.3, -0.25) is 4.79 Å². The number of carbonyl (C=O) groups excluding carboxylic acids is 1. The van der Waals surface area contributed by atoms with Gasteiger partial charge >= 0.3 is 0 Å². The minimum absolute atomic E-state index is 0.0505. The fourth-order valence-electron chi connectivity index (χ4n) is 1.01. The molecule has 0 aliphatic heterocycles. The predicted octanol–water partition coefficient (Wildman–Crippen LogP) is 1.30. The molecule has 0 aromatic carbocycles. The fourth-order valence-corrected chi connectivity index (χ4v) is 1.34. The SMILES string of the molecule is CC(=O)NCCC#Cc1cc(Br)cnc1N. The molecule has 1 rings (SSSR count). The van der Waals surface area contributed by atoms with E-state index in [4.69, 9.17) is 5.73 Å². The molecule has 0 unspecified atom stereocenters. The lowest BCUT2D eigenvalue weighted by molar-refractivity contribution is -0.118. The summed E-state index contributed by atoms with van der Waals surface area (Å²) in [5.74, 6) is 6.19. The van der Waals surface area contributed by atoms with Crippen molar-refractivity contribution in [3.8, 4) is 11.8 Å². The van der Waals surface area contributed by atoms with Crippen LogP contribution in [0.25, 0.3) is 0 Å². The van der Waals surface area contributed by atoms with Gasteiger partial charge in [0.1, 0.15) is 5.82 Å². The number of hydrogen-bond acceptors (Lipinski definition) is 3. The van der Waals surface area contributed by atoms with Gasteiger partial charge in [0.25, 0.3) is 0 Å². The normalized spacial score (nSPS) is 9.12. The van der Waals surface area contributed by atoms with E-state index in [-0.39, 0.29) is 5.91 Å². The third-order valence-electron chi connectivity index (χ3n) is 1.73. The summed E-state index contributed by atoms with van der Waals surface area (Å²) in [7, 11) is 0.